The van der Waals surface area contributed by atoms with Crippen LogP contribution in [0.25, 0.3) is 0 Å². The number of ether oxygens (including phenoxy) is 4. The largest absolute Gasteiger partial charge is 0.545 e. The zero-order valence-corrected chi connectivity index (χ0v) is 33.1. The van der Waals surface area contributed by atoms with Crippen LogP contribution in [0.4, 0.5) is 10.5 Å². The number of anilines is 1. The first-order chi connectivity index (χ1) is 27.6. The van der Waals surface area contributed by atoms with Gasteiger partial charge in [0.25, 0.3) is 0 Å². The Morgan fingerprint density at radius 2 is 1.61 bits per heavy atom. The number of hydrogen-bond donors (Lipinski definition) is 1. The number of carboxylic acid groups (broad SMARTS) is 1. The predicted octanol–water partition coefficient (Wildman–Crippen LogP) is 7.09. The smallest absolute Gasteiger partial charge is 0.414 e. The summed E-state index contributed by atoms with van der Waals surface area (Å²) in [6.07, 6.45) is 4.36. The molecule has 0 saturated carbocycles. The molecule has 5 aromatic rings. The van der Waals surface area contributed by atoms with E-state index in [-0.39, 0.29) is 47.4 Å². The third kappa shape index (κ3) is 9.06. The molecule has 2 atom stereocenters. The van der Waals surface area contributed by atoms with Crippen LogP contribution in [-0.4, -0.2) is 62.1 Å². The number of para-hydroxylation sites is 1. The molecular weight excluding hydrogens is 769 g/mol. The molecule has 1 amide bonds. The lowest BCUT2D eigenvalue weighted by Crippen LogP contribution is -2.53. The number of benzene rings is 4. The van der Waals surface area contributed by atoms with Crippen molar-refractivity contribution in [3.63, 3.8) is 0 Å². The van der Waals surface area contributed by atoms with Gasteiger partial charge < -0.3 is 28.8 Å². The molecule has 0 radical (unpaired) electrons. The molecule has 0 unspecified atom stereocenters. The molecule has 4 heterocycles. The number of aromatic nitrogens is 1. The lowest BCUT2D eigenvalue weighted by Gasteiger charge is -2.44. The Balaban J connectivity index is 1.15. The van der Waals surface area contributed by atoms with Crippen LogP contribution >= 0.6 is 23.2 Å². The van der Waals surface area contributed by atoms with Gasteiger partial charge in [-0.1, -0.05) is 77.8 Å². The normalized spacial score (nSPS) is 17.7. The Bertz CT molecular complexity index is 2190. The van der Waals surface area contributed by atoms with Crippen LogP contribution in [0, 0.1) is 5.92 Å². The number of fused-ring (bicyclic) bond motifs is 3. The van der Waals surface area contributed by atoms with E-state index in [2.05, 4.69) is 4.90 Å². The minimum absolute atomic E-state index is 0.00846. The fourth-order valence-corrected chi connectivity index (χ4v) is 8.47. The van der Waals surface area contributed by atoms with E-state index in [1.54, 1.807) is 29.2 Å². The van der Waals surface area contributed by atoms with E-state index in [0.717, 1.165) is 48.5 Å². The highest BCUT2D eigenvalue weighted by Crippen LogP contribution is 2.40. The van der Waals surface area contributed by atoms with Crippen molar-refractivity contribution in [1.29, 1.82) is 0 Å². The molecule has 11 nitrogen and oxygen atoms in total. The van der Waals surface area contributed by atoms with Crippen molar-refractivity contribution in [2.75, 3.05) is 38.8 Å². The number of halogens is 2. The fourth-order valence-electron chi connectivity index (χ4n) is 7.86. The topological polar surface area (TPSA) is 125 Å². The van der Waals surface area contributed by atoms with Crippen LogP contribution in [0.5, 0.6) is 17.2 Å². The molecule has 8 rings (SSSR count). The molecule has 296 valence electrons. The monoisotopic (exact) mass is 811 g/mol. The van der Waals surface area contributed by atoms with Gasteiger partial charge in [0, 0.05) is 34.0 Å². The first-order valence-electron chi connectivity index (χ1n) is 18.7. The summed E-state index contributed by atoms with van der Waals surface area (Å²) in [4.78, 5) is 30.4. The van der Waals surface area contributed by atoms with Crippen molar-refractivity contribution in [3.05, 3.63) is 147 Å². The van der Waals surface area contributed by atoms with Gasteiger partial charge in [-0.05, 0) is 96.9 Å². The molecule has 57 heavy (non-hydrogen) atoms. The van der Waals surface area contributed by atoms with Crippen LogP contribution < -0.4 is 28.9 Å². The highest BCUT2D eigenvalue weighted by atomic mass is 35.5. The van der Waals surface area contributed by atoms with E-state index < -0.39 is 11.9 Å². The van der Waals surface area contributed by atoms with Crippen LogP contribution in [-0.2, 0) is 24.3 Å². The fraction of sp³-hybridized carbons (Fsp3) is 0.295. The van der Waals surface area contributed by atoms with Crippen molar-refractivity contribution >= 4 is 41.0 Å². The molecule has 4 aromatic carbocycles. The van der Waals surface area contributed by atoms with E-state index >= 15 is 0 Å². The second kappa shape index (κ2) is 17.8. The van der Waals surface area contributed by atoms with Gasteiger partial charge in [-0.2, -0.15) is 0 Å². The highest BCUT2D eigenvalue weighted by Gasteiger charge is 2.37. The number of rotatable bonds is 14. The standard InChI is InChI=1S/C44H43Cl2N3O8/c1-54-39-16-13-30(21-40(39)55-2)35(22-36-37(45)24-48(53)25-38(36)46)42-31(7-6-10-34(42)43(50)51)27-56-33-14-11-28(12-15-33)23-49(32-8-4-3-5-9-32)44(52)57-41-26-47-19-17-29(41)18-20-47/h3-16,21,24-25,29,35,41H,17-20,22-23,26-27H2,1-2H3,(H-,50,51,53)/t35-,41-/m0/s1. The number of methoxy groups -OCH3 is 2. The van der Waals surface area contributed by atoms with Gasteiger partial charge in [0.15, 0.2) is 11.5 Å². The van der Waals surface area contributed by atoms with Gasteiger partial charge in [-0.25, -0.2) is 4.79 Å². The molecule has 3 fully saturated rings. The number of piperidine rings is 3. The lowest BCUT2D eigenvalue weighted by molar-refractivity contribution is -0.904. The highest BCUT2D eigenvalue weighted by molar-refractivity contribution is 6.35. The van der Waals surface area contributed by atoms with Crippen LogP contribution in [0.2, 0.25) is 10.0 Å². The maximum atomic E-state index is 13.7. The summed E-state index contributed by atoms with van der Waals surface area (Å²) in [5, 5.41) is 23.2. The second-order valence-corrected chi connectivity index (χ2v) is 15.1. The van der Waals surface area contributed by atoms with Crippen LogP contribution in [0.3, 0.4) is 0 Å². The summed E-state index contributed by atoms with van der Waals surface area (Å²) in [5.41, 5.74) is 3.79. The maximum Gasteiger partial charge on any atom is 0.414 e. The van der Waals surface area contributed by atoms with E-state index in [1.807, 2.05) is 60.7 Å². The molecule has 3 saturated heterocycles. The SMILES string of the molecule is COc1ccc([C@H](Cc2c(Cl)c[n+](O)cc2Cl)c2c(COc3ccc(CN(C(=O)O[C@H]4CN5CCC4CC5)c4ccccc4)cc3)cccc2C(=O)[O-])cc1OC. The third-order valence-electron chi connectivity index (χ3n) is 10.8. The Labute approximate surface area is 341 Å². The van der Waals surface area contributed by atoms with Crippen LogP contribution in [0.15, 0.2) is 103 Å². The number of carbonyl (C=O) groups is 2. The zero-order chi connectivity index (χ0) is 40.1. The Hall–Kier alpha value is -5.49. The summed E-state index contributed by atoms with van der Waals surface area (Å²) in [6, 6.07) is 27.2. The lowest BCUT2D eigenvalue weighted by atomic mass is 9.81. The van der Waals surface area contributed by atoms with E-state index in [4.69, 9.17) is 42.1 Å². The minimum Gasteiger partial charge on any atom is -0.545 e. The maximum absolute atomic E-state index is 13.7. The molecule has 0 spiro atoms. The molecule has 3 aliphatic heterocycles. The summed E-state index contributed by atoms with van der Waals surface area (Å²) in [6.45, 7) is 3.18. The summed E-state index contributed by atoms with van der Waals surface area (Å²) >= 11 is 13.2. The first kappa shape index (κ1) is 39.7. The number of amides is 1. The van der Waals surface area contributed by atoms with Crippen molar-refractivity contribution in [2.24, 2.45) is 5.92 Å². The van der Waals surface area contributed by atoms with Gasteiger partial charge in [0.05, 0.1) is 26.7 Å². The number of carboxylic acids is 1. The number of pyridine rings is 1. The molecule has 3 aliphatic rings. The van der Waals surface area contributed by atoms with Gasteiger partial charge in [0.2, 0.25) is 12.4 Å². The molecule has 0 aliphatic carbocycles. The van der Waals surface area contributed by atoms with Gasteiger partial charge >= 0.3 is 6.09 Å². The Morgan fingerprint density at radius 1 is 0.912 bits per heavy atom. The minimum atomic E-state index is -1.37. The number of nitrogens with zero attached hydrogens (tertiary/aromatic N) is 3. The molecule has 1 aromatic heterocycles. The summed E-state index contributed by atoms with van der Waals surface area (Å²) < 4.78 is 24.3. The third-order valence-corrected chi connectivity index (χ3v) is 11.5. The van der Waals surface area contributed by atoms with Crippen LogP contribution in [0.1, 0.15) is 56.9 Å². The van der Waals surface area contributed by atoms with Gasteiger partial charge in [-0.15, -0.1) is 0 Å². The predicted molar refractivity (Wildman–Crippen MR) is 213 cm³/mol. The molecular formula is C44H43Cl2N3O8. The molecule has 1 N–H and O–H groups in total. The first-order valence-corrected chi connectivity index (χ1v) is 19.5. The number of aromatic carboxylic acids is 1. The van der Waals surface area contributed by atoms with Crippen molar-refractivity contribution < 1.29 is 43.6 Å². The molecule has 2 bridgehead atoms. The summed E-state index contributed by atoms with van der Waals surface area (Å²) in [7, 11) is 3.05. The van der Waals surface area contributed by atoms with Crippen molar-refractivity contribution in [2.45, 2.75) is 44.4 Å². The zero-order valence-electron chi connectivity index (χ0n) is 31.6. The van der Waals surface area contributed by atoms with E-state index in [1.165, 1.54) is 32.7 Å². The van der Waals surface area contributed by atoms with E-state index in [0.29, 0.717) is 45.4 Å². The van der Waals surface area contributed by atoms with Gasteiger partial charge in [0.1, 0.15) is 28.5 Å². The quantitative estimate of drug-likeness (QED) is 0.0925. The second-order valence-electron chi connectivity index (χ2n) is 14.3. The van der Waals surface area contributed by atoms with Crippen molar-refractivity contribution in [3.8, 4) is 17.2 Å². The van der Waals surface area contributed by atoms with Gasteiger partial charge in [-0.3, -0.25) is 15.0 Å². The number of carbonyl (C=O) groups excluding carboxylic acids is 2. The Morgan fingerprint density at radius 3 is 2.25 bits per heavy atom. The summed E-state index contributed by atoms with van der Waals surface area (Å²) in [5.74, 6) is -0.147. The van der Waals surface area contributed by atoms with E-state index in [9.17, 15) is 19.9 Å². The Kier molecular flexibility index (Phi) is 12.4. The number of hydrogen-bond acceptors (Lipinski definition) is 9. The average molecular weight is 813 g/mol. The average Bonchev–Trinajstić information content (AvgIpc) is 3.22. The van der Waals surface area contributed by atoms with Crippen molar-refractivity contribution in [1.82, 2.24) is 4.90 Å². The molecule has 13 heteroatoms.